The number of hydrogen-bond donors (Lipinski definition) is 1. The Bertz CT molecular complexity index is 160. The Labute approximate surface area is 74.4 Å². The Kier molecular flexibility index (Phi) is 4.06. The standard InChI is InChI=1S/C9H17N3/c1-11-7-9-3-2-5-12(8-9)6-4-10/h9,11H,2-3,5-8H2,1H3. The fraction of sp³-hybridized carbons (Fsp3) is 0.889. The highest BCUT2D eigenvalue weighted by Crippen LogP contribution is 2.14. The third kappa shape index (κ3) is 2.80. The molecule has 12 heavy (non-hydrogen) atoms. The predicted octanol–water partition coefficient (Wildman–Crippen LogP) is 0.441. The van der Waals surface area contributed by atoms with Gasteiger partial charge in [0.2, 0.25) is 0 Å². The number of nitriles is 1. The summed E-state index contributed by atoms with van der Waals surface area (Å²) in [5.41, 5.74) is 0. The summed E-state index contributed by atoms with van der Waals surface area (Å²) in [6.45, 7) is 3.88. The van der Waals surface area contributed by atoms with Gasteiger partial charge in [0.05, 0.1) is 12.6 Å². The van der Waals surface area contributed by atoms with E-state index >= 15 is 0 Å². The van der Waals surface area contributed by atoms with Crippen molar-refractivity contribution < 1.29 is 0 Å². The van der Waals surface area contributed by atoms with Crippen molar-refractivity contribution in [3.05, 3.63) is 0 Å². The number of piperidine rings is 1. The molecule has 1 fully saturated rings. The molecule has 0 aromatic carbocycles. The van der Waals surface area contributed by atoms with E-state index in [0.717, 1.165) is 25.6 Å². The van der Waals surface area contributed by atoms with Crippen LogP contribution in [0.25, 0.3) is 0 Å². The lowest BCUT2D eigenvalue weighted by Crippen LogP contribution is -2.39. The van der Waals surface area contributed by atoms with Crippen molar-refractivity contribution in [3.8, 4) is 6.07 Å². The molecule has 0 aromatic heterocycles. The first-order chi connectivity index (χ1) is 5.86. The highest BCUT2D eigenvalue weighted by molar-refractivity contribution is 4.81. The third-order valence-electron chi connectivity index (χ3n) is 2.39. The van der Waals surface area contributed by atoms with Gasteiger partial charge in [-0.1, -0.05) is 0 Å². The maximum Gasteiger partial charge on any atom is 0.0866 e. The molecule has 1 rings (SSSR count). The lowest BCUT2D eigenvalue weighted by Gasteiger charge is -2.30. The molecule has 1 saturated heterocycles. The molecule has 3 heteroatoms. The molecule has 1 heterocycles. The fourth-order valence-electron chi connectivity index (χ4n) is 1.85. The van der Waals surface area contributed by atoms with E-state index in [1.807, 2.05) is 7.05 Å². The Hall–Kier alpha value is -0.590. The minimum absolute atomic E-state index is 0.597. The van der Waals surface area contributed by atoms with Gasteiger partial charge in [0.1, 0.15) is 0 Å². The molecule has 1 N–H and O–H groups in total. The SMILES string of the molecule is CNCC1CCCN(CC#N)C1. The van der Waals surface area contributed by atoms with Gasteiger partial charge in [0, 0.05) is 6.54 Å². The van der Waals surface area contributed by atoms with Crippen LogP contribution in [0.3, 0.4) is 0 Å². The summed E-state index contributed by atoms with van der Waals surface area (Å²) in [4.78, 5) is 2.24. The smallest absolute Gasteiger partial charge is 0.0866 e. The molecule has 0 aromatic rings. The van der Waals surface area contributed by atoms with Gasteiger partial charge in [0.25, 0.3) is 0 Å². The van der Waals surface area contributed by atoms with Crippen molar-refractivity contribution in [1.29, 1.82) is 5.26 Å². The summed E-state index contributed by atoms with van der Waals surface area (Å²) in [5, 5.41) is 11.7. The van der Waals surface area contributed by atoms with Crippen molar-refractivity contribution in [2.24, 2.45) is 5.92 Å². The molecule has 0 bridgehead atoms. The molecule has 1 atom stereocenters. The zero-order chi connectivity index (χ0) is 8.81. The van der Waals surface area contributed by atoms with Crippen LogP contribution in [-0.2, 0) is 0 Å². The average molecular weight is 167 g/mol. The van der Waals surface area contributed by atoms with Crippen molar-refractivity contribution in [1.82, 2.24) is 10.2 Å². The highest BCUT2D eigenvalue weighted by Gasteiger charge is 2.18. The molecular formula is C9H17N3. The third-order valence-corrected chi connectivity index (χ3v) is 2.39. The summed E-state index contributed by atoms with van der Waals surface area (Å²) < 4.78 is 0. The molecule has 0 amide bonds. The summed E-state index contributed by atoms with van der Waals surface area (Å²) in [7, 11) is 1.99. The van der Waals surface area contributed by atoms with E-state index in [1.54, 1.807) is 0 Å². The largest absolute Gasteiger partial charge is 0.319 e. The lowest BCUT2D eigenvalue weighted by atomic mass is 9.98. The van der Waals surface area contributed by atoms with Gasteiger partial charge in [-0.05, 0) is 38.9 Å². The van der Waals surface area contributed by atoms with Crippen LogP contribution < -0.4 is 5.32 Å². The van der Waals surface area contributed by atoms with E-state index < -0.39 is 0 Å². The van der Waals surface area contributed by atoms with Crippen LogP contribution in [0, 0.1) is 17.2 Å². The van der Waals surface area contributed by atoms with Gasteiger partial charge in [-0.15, -0.1) is 0 Å². The zero-order valence-corrected chi connectivity index (χ0v) is 7.71. The van der Waals surface area contributed by atoms with Crippen molar-refractivity contribution in [2.45, 2.75) is 12.8 Å². The summed E-state index contributed by atoms with van der Waals surface area (Å²) in [6.07, 6.45) is 2.55. The Morgan fingerprint density at radius 3 is 3.17 bits per heavy atom. The van der Waals surface area contributed by atoms with E-state index in [4.69, 9.17) is 5.26 Å². The van der Waals surface area contributed by atoms with Crippen LogP contribution >= 0.6 is 0 Å². The fourth-order valence-corrected chi connectivity index (χ4v) is 1.85. The van der Waals surface area contributed by atoms with Crippen LogP contribution in [0.2, 0.25) is 0 Å². The molecule has 3 nitrogen and oxygen atoms in total. The van der Waals surface area contributed by atoms with Crippen LogP contribution in [0.5, 0.6) is 0 Å². The molecule has 68 valence electrons. The second kappa shape index (κ2) is 5.13. The molecule has 1 unspecified atom stereocenters. The molecular weight excluding hydrogens is 150 g/mol. The Balaban J connectivity index is 2.26. The van der Waals surface area contributed by atoms with Crippen molar-refractivity contribution >= 4 is 0 Å². The highest BCUT2D eigenvalue weighted by atomic mass is 15.1. The Morgan fingerprint density at radius 2 is 2.50 bits per heavy atom. The molecule has 1 aliphatic heterocycles. The number of likely N-dealkylation sites (tertiary alicyclic amines) is 1. The lowest BCUT2D eigenvalue weighted by molar-refractivity contribution is 0.192. The molecule has 0 saturated carbocycles. The second-order valence-corrected chi connectivity index (χ2v) is 3.46. The summed E-state index contributed by atoms with van der Waals surface area (Å²) >= 11 is 0. The van der Waals surface area contributed by atoms with Gasteiger partial charge < -0.3 is 5.32 Å². The molecule has 0 spiro atoms. The van der Waals surface area contributed by atoms with E-state index in [2.05, 4.69) is 16.3 Å². The number of nitrogens with one attached hydrogen (secondary N) is 1. The van der Waals surface area contributed by atoms with E-state index in [9.17, 15) is 0 Å². The summed E-state index contributed by atoms with van der Waals surface area (Å²) in [5.74, 6) is 0.747. The minimum Gasteiger partial charge on any atom is -0.319 e. The Morgan fingerprint density at radius 1 is 1.67 bits per heavy atom. The minimum atomic E-state index is 0.597. The molecule has 0 aliphatic carbocycles. The van der Waals surface area contributed by atoms with Crippen LogP contribution in [-0.4, -0.2) is 38.1 Å². The maximum atomic E-state index is 8.53. The van der Waals surface area contributed by atoms with Gasteiger partial charge >= 0.3 is 0 Å². The average Bonchev–Trinajstić information content (AvgIpc) is 2.06. The number of rotatable bonds is 3. The predicted molar refractivity (Wildman–Crippen MR) is 48.7 cm³/mol. The monoisotopic (exact) mass is 167 g/mol. The zero-order valence-electron chi connectivity index (χ0n) is 7.71. The molecule has 0 radical (unpaired) electrons. The van der Waals surface area contributed by atoms with Gasteiger partial charge in [0.15, 0.2) is 0 Å². The number of nitrogens with zero attached hydrogens (tertiary/aromatic N) is 2. The first kappa shape index (κ1) is 9.50. The first-order valence-electron chi connectivity index (χ1n) is 4.60. The quantitative estimate of drug-likeness (QED) is 0.620. The van der Waals surface area contributed by atoms with Crippen molar-refractivity contribution in [2.75, 3.05) is 33.2 Å². The number of hydrogen-bond acceptors (Lipinski definition) is 3. The summed E-state index contributed by atoms with van der Waals surface area (Å²) in [6, 6.07) is 2.21. The van der Waals surface area contributed by atoms with E-state index in [-0.39, 0.29) is 0 Å². The second-order valence-electron chi connectivity index (χ2n) is 3.46. The van der Waals surface area contributed by atoms with Crippen LogP contribution in [0.1, 0.15) is 12.8 Å². The van der Waals surface area contributed by atoms with Gasteiger partial charge in [-0.3, -0.25) is 4.90 Å². The van der Waals surface area contributed by atoms with E-state index in [1.165, 1.54) is 12.8 Å². The van der Waals surface area contributed by atoms with Gasteiger partial charge in [-0.2, -0.15) is 5.26 Å². The topological polar surface area (TPSA) is 39.1 Å². The van der Waals surface area contributed by atoms with Crippen LogP contribution in [0.15, 0.2) is 0 Å². The van der Waals surface area contributed by atoms with Crippen molar-refractivity contribution in [3.63, 3.8) is 0 Å². The van der Waals surface area contributed by atoms with Crippen LogP contribution in [0.4, 0.5) is 0 Å². The molecule has 1 aliphatic rings. The van der Waals surface area contributed by atoms with Gasteiger partial charge in [-0.25, -0.2) is 0 Å². The first-order valence-corrected chi connectivity index (χ1v) is 4.60. The maximum absolute atomic E-state index is 8.53. The normalized spacial score (nSPS) is 25.2. The van der Waals surface area contributed by atoms with E-state index in [0.29, 0.717) is 6.54 Å².